The van der Waals surface area contributed by atoms with E-state index in [-0.39, 0.29) is 30.9 Å². The number of rotatable bonds is 6. The number of hydrogen-bond acceptors (Lipinski definition) is 6. The van der Waals surface area contributed by atoms with Crippen molar-refractivity contribution in [2.75, 3.05) is 38.3 Å². The van der Waals surface area contributed by atoms with Crippen LogP contribution in [0.3, 0.4) is 0 Å². The van der Waals surface area contributed by atoms with Gasteiger partial charge in [-0.3, -0.25) is 14.4 Å². The molecule has 1 spiro atoms. The maximum atomic E-state index is 14.2. The predicted molar refractivity (Wildman–Crippen MR) is 132 cm³/mol. The molecular formula is C27H33N3O6. The number of aliphatic hydroxyl groups excluding tert-OH is 1. The summed E-state index contributed by atoms with van der Waals surface area (Å²) in [5, 5.41) is 10.0. The van der Waals surface area contributed by atoms with E-state index in [1.165, 1.54) is 4.90 Å². The molecule has 192 valence electrons. The Morgan fingerprint density at radius 2 is 1.86 bits per heavy atom. The fraction of sp³-hybridized carbons (Fsp3) is 0.519. The molecular weight excluding hydrogens is 462 g/mol. The standard InChI is InChI=1S/C27H33N3O6/c1-4-13-28-14-5-7-20-21(24(28)32)22-25(33)30(17(2)16-31)23-26(34)29(15-6-12-27(22,23)36-20)18-8-10-19(35-3)11-9-18/h5-12,17,20-23,31H,4,13-16H2,1-3H3/t17-,20-,21+,22+,23?,27+/m1/s1. The summed E-state index contributed by atoms with van der Waals surface area (Å²) in [5.74, 6) is -1.68. The Morgan fingerprint density at radius 1 is 1.11 bits per heavy atom. The molecule has 4 heterocycles. The highest BCUT2D eigenvalue weighted by Crippen LogP contribution is 2.54. The Labute approximate surface area is 210 Å². The number of nitrogens with zero attached hydrogens (tertiary/aromatic N) is 3. The second kappa shape index (κ2) is 9.37. The van der Waals surface area contributed by atoms with Gasteiger partial charge in [0, 0.05) is 25.3 Å². The number of aliphatic hydroxyl groups is 1. The molecule has 0 bridgehead atoms. The van der Waals surface area contributed by atoms with Crippen LogP contribution in [0.4, 0.5) is 5.69 Å². The second-order valence-corrected chi connectivity index (χ2v) is 9.88. The number of hydrogen-bond donors (Lipinski definition) is 1. The number of fused-ring (bicyclic) bond motifs is 2. The first-order valence-corrected chi connectivity index (χ1v) is 12.6. The monoisotopic (exact) mass is 495 g/mol. The van der Waals surface area contributed by atoms with Crippen molar-refractivity contribution in [3.8, 4) is 5.75 Å². The van der Waals surface area contributed by atoms with Gasteiger partial charge in [-0.2, -0.15) is 0 Å². The number of carbonyl (C=O) groups is 3. The average Bonchev–Trinajstić information content (AvgIpc) is 3.21. The molecule has 0 saturated carbocycles. The number of likely N-dealkylation sites (tertiary alicyclic amines) is 1. The minimum Gasteiger partial charge on any atom is -0.497 e. The topological polar surface area (TPSA) is 99.6 Å². The summed E-state index contributed by atoms with van der Waals surface area (Å²) in [6.45, 7) is 4.75. The molecule has 9 heteroatoms. The molecule has 2 saturated heterocycles. The first-order valence-electron chi connectivity index (χ1n) is 12.6. The van der Waals surface area contributed by atoms with Crippen LogP contribution in [0.5, 0.6) is 5.75 Å². The van der Waals surface area contributed by atoms with Crippen molar-refractivity contribution >= 4 is 23.4 Å². The average molecular weight is 496 g/mol. The third-order valence-electron chi connectivity index (χ3n) is 7.80. The predicted octanol–water partition coefficient (Wildman–Crippen LogP) is 1.37. The number of ether oxygens (including phenoxy) is 2. The van der Waals surface area contributed by atoms with Gasteiger partial charge in [0.15, 0.2) is 0 Å². The van der Waals surface area contributed by atoms with Crippen LogP contribution in [-0.2, 0) is 19.1 Å². The summed E-state index contributed by atoms with van der Waals surface area (Å²) in [5.41, 5.74) is -0.643. The summed E-state index contributed by atoms with van der Waals surface area (Å²) < 4.78 is 11.8. The van der Waals surface area contributed by atoms with E-state index in [0.29, 0.717) is 24.5 Å². The number of anilines is 1. The minimum atomic E-state index is -1.30. The van der Waals surface area contributed by atoms with Crippen molar-refractivity contribution < 1.29 is 29.0 Å². The molecule has 1 aromatic carbocycles. The molecule has 1 N–H and O–H groups in total. The number of methoxy groups -OCH3 is 1. The Balaban J connectivity index is 1.60. The zero-order valence-electron chi connectivity index (χ0n) is 20.9. The molecule has 2 fully saturated rings. The summed E-state index contributed by atoms with van der Waals surface area (Å²) in [7, 11) is 1.58. The zero-order chi connectivity index (χ0) is 25.6. The van der Waals surface area contributed by atoms with Gasteiger partial charge >= 0.3 is 0 Å². The maximum Gasteiger partial charge on any atom is 0.253 e. The lowest BCUT2D eigenvalue weighted by Crippen LogP contribution is -2.57. The van der Waals surface area contributed by atoms with Crippen molar-refractivity contribution in [2.45, 2.75) is 44.1 Å². The van der Waals surface area contributed by atoms with Gasteiger partial charge in [0.05, 0.1) is 37.7 Å². The van der Waals surface area contributed by atoms with E-state index in [1.807, 2.05) is 31.2 Å². The summed E-state index contributed by atoms with van der Waals surface area (Å²) in [4.78, 5) is 46.7. The van der Waals surface area contributed by atoms with Crippen molar-refractivity contribution in [2.24, 2.45) is 11.8 Å². The summed E-state index contributed by atoms with van der Waals surface area (Å²) in [6, 6.07) is 5.52. The van der Waals surface area contributed by atoms with Crippen LogP contribution in [0.15, 0.2) is 48.6 Å². The largest absolute Gasteiger partial charge is 0.497 e. The molecule has 9 nitrogen and oxygen atoms in total. The lowest BCUT2D eigenvalue weighted by molar-refractivity contribution is -0.146. The van der Waals surface area contributed by atoms with E-state index in [2.05, 4.69) is 0 Å². The fourth-order valence-corrected chi connectivity index (χ4v) is 6.16. The van der Waals surface area contributed by atoms with Crippen molar-refractivity contribution in [3.63, 3.8) is 0 Å². The lowest BCUT2D eigenvalue weighted by atomic mass is 9.77. The molecule has 0 aromatic heterocycles. The van der Waals surface area contributed by atoms with Gasteiger partial charge in [0.2, 0.25) is 11.8 Å². The van der Waals surface area contributed by atoms with Gasteiger partial charge in [-0.25, -0.2) is 0 Å². The zero-order valence-corrected chi connectivity index (χ0v) is 20.9. The lowest BCUT2D eigenvalue weighted by Gasteiger charge is -2.37. The number of carbonyl (C=O) groups excluding carboxylic acids is 3. The van der Waals surface area contributed by atoms with E-state index in [4.69, 9.17) is 9.47 Å². The molecule has 36 heavy (non-hydrogen) atoms. The second-order valence-electron chi connectivity index (χ2n) is 9.88. The van der Waals surface area contributed by atoms with E-state index in [0.717, 1.165) is 6.42 Å². The van der Waals surface area contributed by atoms with Crippen molar-refractivity contribution in [3.05, 3.63) is 48.6 Å². The van der Waals surface area contributed by atoms with E-state index >= 15 is 0 Å². The molecule has 1 aromatic rings. The molecule has 4 aliphatic rings. The van der Waals surface area contributed by atoms with Crippen molar-refractivity contribution in [1.29, 1.82) is 0 Å². The van der Waals surface area contributed by atoms with Gasteiger partial charge in [0.1, 0.15) is 17.4 Å². The van der Waals surface area contributed by atoms with E-state index in [9.17, 15) is 19.5 Å². The molecule has 4 aliphatic heterocycles. The molecule has 3 amide bonds. The number of amides is 3. The van der Waals surface area contributed by atoms with Crippen LogP contribution >= 0.6 is 0 Å². The van der Waals surface area contributed by atoms with Crippen LogP contribution in [0.1, 0.15) is 20.3 Å². The van der Waals surface area contributed by atoms with Crippen LogP contribution in [-0.4, -0.2) is 89.8 Å². The summed E-state index contributed by atoms with van der Waals surface area (Å²) in [6.07, 6.45) is 7.62. The van der Waals surface area contributed by atoms with Gasteiger partial charge < -0.3 is 29.3 Å². The molecule has 1 unspecified atom stereocenters. The first kappa shape index (κ1) is 24.5. The van der Waals surface area contributed by atoms with Gasteiger partial charge in [0.25, 0.3) is 5.91 Å². The first-order chi connectivity index (χ1) is 17.4. The Hall–Kier alpha value is -3.17. The van der Waals surface area contributed by atoms with Crippen LogP contribution in [0.2, 0.25) is 0 Å². The third kappa shape index (κ3) is 3.56. The van der Waals surface area contributed by atoms with Crippen LogP contribution in [0.25, 0.3) is 0 Å². The molecule has 0 aliphatic carbocycles. The van der Waals surface area contributed by atoms with Crippen LogP contribution in [0, 0.1) is 11.8 Å². The summed E-state index contributed by atoms with van der Waals surface area (Å²) >= 11 is 0. The van der Waals surface area contributed by atoms with Gasteiger partial charge in [-0.05, 0) is 37.6 Å². The van der Waals surface area contributed by atoms with Gasteiger partial charge in [-0.1, -0.05) is 31.2 Å². The SMILES string of the molecule is CCCN1CC=C[C@H]2O[C@]34C=CCN(c5ccc(OC)cc5)C(=O)C3N([C@H](C)CO)C(=O)[C@@H]4[C@H]2C1=O. The Bertz CT molecular complexity index is 1100. The normalized spacial score (nSPS) is 32.2. The number of benzene rings is 1. The quantitative estimate of drug-likeness (QED) is 0.599. The van der Waals surface area contributed by atoms with Gasteiger partial charge in [-0.15, -0.1) is 0 Å². The molecule has 5 rings (SSSR count). The maximum absolute atomic E-state index is 14.2. The van der Waals surface area contributed by atoms with Crippen molar-refractivity contribution in [1.82, 2.24) is 9.80 Å². The van der Waals surface area contributed by atoms with Crippen LogP contribution < -0.4 is 9.64 Å². The fourth-order valence-electron chi connectivity index (χ4n) is 6.16. The minimum absolute atomic E-state index is 0.128. The Morgan fingerprint density at radius 3 is 2.53 bits per heavy atom. The highest BCUT2D eigenvalue weighted by Gasteiger charge is 2.72. The Kier molecular flexibility index (Phi) is 6.38. The third-order valence-corrected chi connectivity index (χ3v) is 7.80. The van der Waals surface area contributed by atoms with E-state index < -0.39 is 35.6 Å². The smallest absolute Gasteiger partial charge is 0.253 e. The highest BCUT2D eigenvalue weighted by atomic mass is 16.5. The molecule has 6 atom stereocenters. The highest BCUT2D eigenvalue weighted by molar-refractivity contribution is 6.06. The van der Waals surface area contributed by atoms with E-state index in [1.54, 1.807) is 48.1 Å². The molecule has 0 radical (unpaired) electrons.